The molecule has 3 rings (SSSR count). The van der Waals surface area contributed by atoms with Crippen molar-refractivity contribution >= 4 is 5.82 Å². The number of nitrogens with two attached hydrogens (primary N) is 1. The van der Waals surface area contributed by atoms with Crippen LogP contribution in [0.5, 0.6) is 5.75 Å². The first-order valence-corrected chi connectivity index (χ1v) is 9.02. The van der Waals surface area contributed by atoms with Gasteiger partial charge in [0.2, 0.25) is 0 Å². The number of benzene rings is 1. The third-order valence-corrected chi connectivity index (χ3v) is 5.43. The third-order valence-electron chi connectivity index (χ3n) is 5.43. The Kier molecular flexibility index (Phi) is 4.79. The minimum absolute atomic E-state index is 0.0371. The number of pyridine rings is 1. The summed E-state index contributed by atoms with van der Waals surface area (Å²) in [7, 11) is 0. The van der Waals surface area contributed by atoms with Crippen molar-refractivity contribution in [2.24, 2.45) is 5.92 Å². The molecule has 1 aromatic heterocycles. The van der Waals surface area contributed by atoms with E-state index >= 15 is 0 Å². The smallest absolute Gasteiger partial charge is 0.142 e. The highest BCUT2D eigenvalue weighted by molar-refractivity contribution is 5.57. The van der Waals surface area contributed by atoms with Gasteiger partial charge >= 0.3 is 0 Å². The SMILES string of the molecule is CCOc1cnc(N)c(C)c1C1(c2ccccc2)CCCC(C)C1. The topological polar surface area (TPSA) is 48.1 Å². The van der Waals surface area contributed by atoms with Crippen LogP contribution in [-0.4, -0.2) is 11.6 Å². The summed E-state index contributed by atoms with van der Waals surface area (Å²) < 4.78 is 5.99. The molecule has 0 bridgehead atoms. The molecule has 24 heavy (non-hydrogen) atoms. The number of ether oxygens (including phenoxy) is 1. The van der Waals surface area contributed by atoms with Crippen molar-refractivity contribution in [2.45, 2.75) is 51.9 Å². The minimum atomic E-state index is -0.0371. The second-order valence-electron chi connectivity index (χ2n) is 7.09. The molecule has 1 saturated carbocycles. The Morgan fingerprint density at radius 1 is 1.29 bits per heavy atom. The Bertz CT molecular complexity index is 698. The molecule has 0 spiro atoms. The zero-order valence-electron chi connectivity index (χ0n) is 15.0. The number of aromatic nitrogens is 1. The van der Waals surface area contributed by atoms with E-state index in [1.54, 1.807) is 0 Å². The summed E-state index contributed by atoms with van der Waals surface area (Å²) in [6, 6.07) is 10.9. The summed E-state index contributed by atoms with van der Waals surface area (Å²) in [4.78, 5) is 4.35. The van der Waals surface area contributed by atoms with Crippen LogP contribution in [0.25, 0.3) is 0 Å². The first-order chi connectivity index (χ1) is 11.6. The molecule has 1 fully saturated rings. The Labute approximate surface area is 145 Å². The minimum Gasteiger partial charge on any atom is -0.492 e. The fourth-order valence-corrected chi connectivity index (χ4v) is 4.40. The molecule has 1 aliphatic rings. The maximum Gasteiger partial charge on any atom is 0.142 e. The van der Waals surface area contributed by atoms with E-state index in [0.717, 1.165) is 24.2 Å². The predicted octanol–water partition coefficient (Wildman–Crippen LogP) is 4.87. The van der Waals surface area contributed by atoms with Crippen LogP contribution in [0.4, 0.5) is 5.82 Å². The van der Waals surface area contributed by atoms with Gasteiger partial charge < -0.3 is 10.5 Å². The Balaban J connectivity index is 2.26. The van der Waals surface area contributed by atoms with Gasteiger partial charge in [0.15, 0.2) is 0 Å². The van der Waals surface area contributed by atoms with Gasteiger partial charge in [-0.15, -0.1) is 0 Å². The monoisotopic (exact) mass is 324 g/mol. The lowest BCUT2D eigenvalue weighted by atomic mass is 9.61. The molecule has 0 saturated heterocycles. The fourth-order valence-electron chi connectivity index (χ4n) is 4.40. The number of nitrogen functional groups attached to an aromatic ring is 1. The highest BCUT2D eigenvalue weighted by Gasteiger charge is 2.41. The summed E-state index contributed by atoms with van der Waals surface area (Å²) in [5.41, 5.74) is 9.84. The molecule has 2 aromatic rings. The quantitative estimate of drug-likeness (QED) is 0.873. The van der Waals surface area contributed by atoms with Gasteiger partial charge in [0.05, 0.1) is 12.8 Å². The number of rotatable bonds is 4. The lowest BCUT2D eigenvalue weighted by molar-refractivity contribution is 0.257. The van der Waals surface area contributed by atoms with Crippen molar-refractivity contribution in [2.75, 3.05) is 12.3 Å². The largest absolute Gasteiger partial charge is 0.492 e. The molecular weight excluding hydrogens is 296 g/mol. The van der Waals surface area contributed by atoms with Crippen molar-refractivity contribution in [3.63, 3.8) is 0 Å². The maximum atomic E-state index is 6.20. The van der Waals surface area contributed by atoms with Gasteiger partial charge in [0.25, 0.3) is 0 Å². The second kappa shape index (κ2) is 6.84. The van der Waals surface area contributed by atoms with Gasteiger partial charge in [-0.25, -0.2) is 4.98 Å². The van der Waals surface area contributed by atoms with E-state index in [1.807, 2.05) is 13.1 Å². The highest BCUT2D eigenvalue weighted by atomic mass is 16.5. The molecular formula is C21H28N2O. The zero-order chi connectivity index (χ0) is 17.2. The van der Waals surface area contributed by atoms with Crippen molar-refractivity contribution < 1.29 is 4.74 Å². The highest BCUT2D eigenvalue weighted by Crippen LogP contribution is 2.51. The van der Waals surface area contributed by atoms with Gasteiger partial charge in [-0.05, 0) is 43.7 Å². The molecule has 3 nitrogen and oxygen atoms in total. The lowest BCUT2D eigenvalue weighted by Gasteiger charge is -2.42. The van der Waals surface area contributed by atoms with Crippen LogP contribution < -0.4 is 10.5 Å². The Morgan fingerprint density at radius 3 is 2.71 bits per heavy atom. The predicted molar refractivity (Wildman–Crippen MR) is 99.4 cm³/mol. The van der Waals surface area contributed by atoms with E-state index in [-0.39, 0.29) is 5.41 Å². The summed E-state index contributed by atoms with van der Waals surface area (Å²) in [6.07, 6.45) is 6.58. The van der Waals surface area contributed by atoms with E-state index < -0.39 is 0 Å². The number of anilines is 1. The van der Waals surface area contributed by atoms with Crippen LogP contribution in [0.2, 0.25) is 0 Å². The average Bonchev–Trinajstić information content (AvgIpc) is 2.59. The van der Waals surface area contributed by atoms with Crippen molar-refractivity contribution in [3.05, 3.63) is 53.2 Å². The summed E-state index contributed by atoms with van der Waals surface area (Å²) >= 11 is 0. The number of hydrogen-bond donors (Lipinski definition) is 1. The van der Waals surface area contributed by atoms with Crippen LogP contribution in [-0.2, 0) is 5.41 Å². The van der Waals surface area contributed by atoms with Gasteiger partial charge in [0.1, 0.15) is 11.6 Å². The van der Waals surface area contributed by atoms with Crippen LogP contribution in [0.15, 0.2) is 36.5 Å². The molecule has 2 unspecified atom stereocenters. The van der Waals surface area contributed by atoms with E-state index in [1.165, 1.54) is 24.0 Å². The normalized spacial score (nSPS) is 23.9. The van der Waals surface area contributed by atoms with Gasteiger partial charge in [0, 0.05) is 11.0 Å². The van der Waals surface area contributed by atoms with Gasteiger partial charge in [-0.2, -0.15) is 0 Å². The number of nitrogens with zero attached hydrogens (tertiary/aromatic N) is 1. The average molecular weight is 324 g/mol. The van der Waals surface area contributed by atoms with Crippen molar-refractivity contribution in [3.8, 4) is 5.75 Å². The van der Waals surface area contributed by atoms with Crippen LogP contribution in [0, 0.1) is 12.8 Å². The molecule has 1 heterocycles. The summed E-state index contributed by atoms with van der Waals surface area (Å²) in [5.74, 6) is 2.19. The molecule has 0 amide bonds. The van der Waals surface area contributed by atoms with Crippen molar-refractivity contribution in [1.82, 2.24) is 4.98 Å². The van der Waals surface area contributed by atoms with E-state index in [2.05, 4.69) is 49.2 Å². The van der Waals surface area contributed by atoms with E-state index in [9.17, 15) is 0 Å². The Morgan fingerprint density at radius 2 is 2.04 bits per heavy atom. The third kappa shape index (κ3) is 2.88. The molecule has 128 valence electrons. The Hall–Kier alpha value is -2.03. The van der Waals surface area contributed by atoms with Gasteiger partial charge in [-0.3, -0.25) is 0 Å². The van der Waals surface area contributed by atoms with Crippen LogP contribution >= 0.6 is 0 Å². The summed E-state index contributed by atoms with van der Waals surface area (Å²) in [5, 5.41) is 0. The lowest BCUT2D eigenvalue weighted by Crippen LogP contribution is -2.35. The molecule has 2 atom stereocenters. The maximum absolute atomic E-state index is 6.20. The van der Waals surface area contributed by atoms with Crippen LogP contribution in [0.1, 0.15) is 56.2 Å². The fraction of sp³-hybridized carbons (Fsp3) is 0.476. The molecule has 2 N–H and O–H groups in total. The molecule has 0 aliphatic heterocycles. The van der Waals surface area contributed by atoms with Crippen molar-refractivity contribution in [1.29, 1.82) is 0 Å². The van der Waals surface area contributed by atoms with E-state index in [0.29, 0.717) is 18.3 Å². The first-order valence-electron chi connectivity index (χ1n) is 9.02. The zero-order valence-corrected chi connectivity index (χ0v) is 15.0. The summed E-state index contributed by atoms with van der Waals surface area (Å²) in [6.45, 7) is 7.11. The molecule has 3 heteroatoms. The van der Waals surface area contributed by atoms with Gasteiger partial charge in [-0.1, -0.05) is 50.1 Å². The van der Waals surface area contributed by atoms with E-state index in [4.69, 9.17) is 10.5 Å². The number of hydrogen-bond acceptors (Lipinski definition) is 3. The first kappa shape index (κ1) is 16.8. The standard InChI is InChI=1S/C21H28N2O/c1-4-24-18-14-23-20(22)16(3)19(18)21(12-8-9-15(2)13-21)17-10-6-5-7-11-17/h5-7,10-11,14-15H,4,8-9,12-13H2,1-3H3,(H2,22,23). The molecule has 0 radical (unpaired) electrons. The van der Waals surface area contributed by atoms with Crippen LogP contribution in [0.3, 0.4) is 0 Å². The molecule has 1 aliphatic carbocycles. The molecule has 1 aromatic carbocycles. The second-order valence-corrected chi connectivity index (χ2v) is 7.09.